The molecule has 1 unspecified atom stereocenters. The summed E-state index contributed by atoms with van der Waals surface area (Å²) in [7, 11) is 0. The summed E-state index contributed by atoms with van der Waals surface area (Å²) in [5.74, 6) is -1.53. The monoisotopic (exact) mass is 536 g/mol. The van der Waals surface area contributed by atoms with E-state index in [2.05, 4.69) is 50.8 Å². The molecule has 180 valence electrons. The number of anilines is 1. The van der Waals surface area contributed by atoms with Crippen LogP contribution in [0.1, 0.15) is 40.7 Å². The molecule has 1 atom stereocenters. The van der Waals surface area contributed by atoms with Gasteiger partial charge in [0.1, 0.15) is 6.61 Å². The van der Waals surface area contributed by atoms with Gasteiger partial charge in [-0.15, -0.1) is 0 Å². The average Bonchev–Trinajstić information content (AvgIpc) is 3.16. The zero-order chi connectivity index (χ0) is 24.9. The number of hydrogen-bond donors (Lipinski definition) is 3. The van der Waals surface area contributed by atoms with Crippen molar-refractivity contribution >= 4 is 39.6 Å². The van der Waals surface area contributed by atoms with Crippen LogP contribution >= 0.6 is 15.9 Å². The average molecular weight is 537 g/mol. The number of carboxylic acid groups (broad SMARTS) is 1. The van der Waals surface area contributed by atoms with Crippen LogP contribution in [0.2, 0.25) is 0 Å². The molecule has 0 fully saturated rings. The van der Waals surface area contributed by atoms with Crippen LogP contribution < -0.4 is 10.6 Å². The standard InChI is InChI=1S/C27H25BrN2O5/c1-16(12-25(31)32)14-29-26(33)17-10-11-23(28)24(13-17)30-27(34)35-15-22-20-8-4-2-6-18(20)19-7-3-5-9-21(19)22/h2-11,13,16,22H,12,14-15H2,1H3,(H,29,33)(H,30,34)(H,31,32). The molecule has 0 saturated heterocycles. The van der Waals surface area contributed by atoms with Gasteiger partial charge in [0.25, 0.3) is 5.91 Å². The molecule has 8 heteroatoms. The number of nitrogens with one attached hydrogen (secondary N) is 2. The molecule has 4 rings (SSSR count). The van der Waals surface area contributed by atoms with Crippen LogP contribution in [0.25, 0.3) is 11.1 Å². The Labute approximate surface area is 211 Å². The van der Waals surface area contributed by atoms with E-state index in [4.69, 9.17) is 9.84 Å². The lowest BCUT2D eigenvalue weighted by Gasteiger charge is -2.15. The third-order valence-electron chi connectivity index (χ3n) is 5.94. The Kier molecular flexibility index (Phi) is 7.51. The van der Waals surface area contributed by atoms with Gasteiger partial charge >= 0.3 is 12.1 Å². The molecule has 0 aromatic heterocycles. The van der Waals surface area contributed by atoms with Crippen LogP contribution in [-0.2, 0) is 9.53 Å². The first-order chi connectivity index (χ1) is 16.8. The molecule has 0 radical (unpaired) electrons. The minimum atomic E-state index is -0.912. The van der Waals surface area contributed by atoms with E-state index >= 15 is 0 Å². The minimum absolute atomic E-state index is 0.0325. The number of fused-ring (bicyclic) bond motifs is 3. The van der Waals surface area contributed by atoms with Gasteiger partial charge in [-0.1, -0.05) is 55.5 Å². The summed E-state index contributed by atoms with van der Waals surface area (Å²) >= 11 is 3.39. The quantitative estimate of drug-likeness (QED) is 0.345. The van der Waals surface area contributed by atoms with Crippen LogP contribution in [0, 0.1) is 5.92 Å². The third kappa shape index (κ3) is 5.71. The van der Waals surface area contributed by atoms with Crippen LogP contribution in [0.3, 0.4) is 0 Å². The molecule has 3 N–H and O–H groups in total. The lowest BCUT2D eigenvalue weighted by atomic mass is 9.98. The van der Waals surface area contributed by atoms with Crippen molar-refractivity contribution in [2.24, 2.45) is 5.92 Å². The topological polar surface area (TPSA) is 105 Å². The summed E-state index contributed by atoms with van der Waals surface area (Å²) < 4.78 is 6.19. The fourth-order valence-corrected chi connectivity index (χ4v) is 4.59. The maximum atomic E-state index is 12.6. The van der Waals surface area contributed by atoms with Crippen LogP contribution in [0.5, 0.6) is 0 Å². The molecule has 0 heterocycles. The number of carboxylic acids is 1. The van der Waals surface area contributed by atoms with E-state index in [1.54, 1.807) is 25.1 Å². The summed E-state index contributed by atoms with van der Waals surface area (Å²) in [6.45, 7) is 2.16. The fourth-order valence-electron chi connectivity index (χ4n) is 4.25. The fraction of sp³-hybridized carbons (Fsp3) is 0.222. The van der Waals surface area contributed by atoms with E-state index in [9.17, 15) is 14.4 Å². The Morgan fingerprint density at radius 2 is 1.63 bits per heavy atom. The summed E-state index contributed by atoms with van der Waals surface area (Å²) in [5.41, 5.74) is 5.28. The highest BCUT2D eigenvalue weighted by Crippen LogP contribution is 2.44. The molecule has 0 bridgehead atoms. The van der Waals surface area contributed by atoms with Crippen LogP contribution in [0.4, 0.5) is 10.5 Å². The zero-order valence-corrected chi connectivity index (χ0v) is 20.7. The van der Waals surface area contributed by atoms with Crippen molar-refractivity contribution in [2.45, 2.75) is 19.3 Å². The largest absolute Gasteiger partial charge is 0.481 e. The van der Waals surface area contributed by atoms with Crippen molar-refractivity contribution in [3.05, 3.63) is 87.9 Å². The molecule has 35 heavy (non-hydrogen) atoms. The maximum absolute atomic E-state index is 12.6. The van der Waals surface area contributed by atoms with Crippen molar-refractivity contribution in [1.82, 2.24) is 5.32 Å². The number of aliphatic carboxylic acids is 1. The van der Waals surface area contributed by atoms with Gasteiger partial charge < -0.3 is 15.2 Å². The highest BCUT2D eigenvalue weighted by molar-refractivity contribution is 9.10. The predicted octanol–water partition coefficient (Wildman–Crippen LogP) is 5.65. The van der Waals surface area contributed by atoms with Gasteiger partial charge in [-0.3, -0.25) is 14.9 Å². The summed E-state index contributed by atoms with van der Waals surface area (Å²) in [6, 6.07) is 21.0. The third-order valence-corrected chi connectivity index (χ3v) is 6.63. The van der Waals surface area contributed by atoms with Crippen molar-refractivity contribution in [3.63, 3.8) is 0 Å². The van der Waals surface area contributed by atoms with Gasteiger partial charge in [-0.25, -0.2) is 4.79 Å². The minimum Gasteiger partial charge on any atom is -0.481 e. The van der Waals surface area contributed by atoms with Gasteiger partial charge in [-0.2, -0.15) is 0 Å². The Hall–Kier alpha value is -3.65. The van der Waals surface area contributed by atoms with E-state index in [1.807, 2.05) is 24.3 Å². The number of hydrogen-bond acceptors (Lipinski definition) is 4. The molecule has 7 nitrogen and oxygen atoms in total. The molecule has 0 aliphatic heterocycles. The molecular formula is C27H25BrN2O5. The number of halogens is 1. The molecule has 3 aromatic rings. The first kappa shape index (κ1) is 24.5. The van der Waals surface area contributed by atoms with E-state index in [0.29, 0.717) is 15.7 Å². The van der Waals surface area contributed by atoms with Crippen LogP contribution in [0.15, 0.2) is 71.2 Å². The van der Waals surface area contributed by atoms with Gasteiger partial charge in [0.05, 0.1) is 5.69 Å². The number of rotatable bonds is 8. The second kappa shape index (κ2) is 10.7. The van der Waals surface area contributed by atoms with Gasteiger partial charge in [0.15, 0.2) is 0 Å². The summed E-state index contributed by atoms with van der Waals surface area (Å²) in [6.07, 6.45) is -0.657. The molecule has 1 aliphatic rings. The van der Waals surface area contributed by atoms with Gasteiger partial charge in [0.2, 0.25) is 0 Å². The molecule has 1 aliphatic carbocycles. The maximum Gasteiger partial charge on any atom is 0.411 e. The normalized spacial score (nSPS) is 12.9. The SMILES string of the molecule is CC(CNC(=O)c1ccc(Br)c(NC(=O)OCC2c3ccccc3-c3ccccc32)c1)CC(=O)O. The molecule has 2 amide bonds. The smallest absolute Gasteiger partial charge is 0.411 e. The lowest BCUT2D eigenvalue weighted by molar-refractivity contribution is -0.137. The van der Waals surface area contributed by atoms with Gasteiger partial charge in [0, 0.05) is 28.9 Å². The Balaban J connectivity index is 1.39. The number of carbonyl (C=O) groups is 3. The van der Waals surface area contributed by atoms with Gasteiger partial charge in [-0.05, 0) is 62.3 Å². The summed E-state index contributed by atoms with van der Waals surface area (Å²) in [5, 5.41) is 14.3. The Bertz CT molecular complexity index is 1230. The van der Waals surface area contributed by atoms with Crippen molar-refractivity contribution in [1.29, 1.82) is 0 Å². The molecule has 0 spiro atoms. The first-order valence-corrected chi connectivity index (χ1v) is 12.0. The number of benzene rings is 3. The molecular weight excluding hydrogens is 512 g/mol. The molecule has 0 saturated carbocycles. The Morgan fingerprint density at radius 3 is 2.26 bits per heavy atom. The molecule has 3 aromatic carbocycles. The zero-order valence-electron chi connectivity index (χ0n) is 19.1. The number of amides is 2. The summed E-state index contributed by atoms with van der Waals surface area (Å²) in [4.78, 5) is 35.9. The van der Waals surface area contributed by atoms with Crippen LogP contribution in [-0.4, -0.2) is 36.2 Å². The second-order valence-electron chi connectivity index (χ2n) is 8.56. The number of carbonyl (C=O) groups excluding carboxylic acids is 2. The first-order valence-electron chi connectivity index (χ1n) is 11.2. The highest BCUT2D eigenvalue weighted by Gasteiger charge is 2.29. The highest BCUT2D eigenvalue weighted by atomic mass is 79.9. The van der Waals surface area contributed by atoms with E-state index in [1.165, 1.54) is 0 Å². The van der Waals surface area contributed by atoms with Crippen molar-refractivity contribution in [2.75, 3.05) is 18.5 Å². The number of ether oxygens (including phenoxy) is 1. The lowest BCUT2D eigenvalue weighted by Crippen LogP contribution is -2.29. The van der Waals surface area contributed by atoms with Crippen molar-refractivity contribution in [3.8, 4) is 11.1 Å². The van der Waals surface area contributed by atoms with Crippen molar-refractivity contribution < 1.29 is 24.2 Å². The van der Waals surface area contributed by atoms with E-state index in [0.717, 1.165) is 22.3 Å². The predicted molar refractivity (Wildman–Crippen MR) is 137 cm³/mol. The van der Waals surface area contributed by atoms with E-state index < -0.39 is 12.1 Å². The Morgan fingerprint density at radius 1 is 1.00 bits per heavy atom. The van der Waals surface area contributed by atoms with E-state index in [-0.39, 0.29) is 37.3 Å². The second-order valence-corrected chi connectivity index (χ2v) is 9.41.